The summed E-state index contributed by atoms with van der Waals surface area (Å²) < 4.78 is 6.05. The number of hydrogen-bond acceptors (Lipinski definition) is 5. The summed E-state index contributed by atoms with van der Waals surface area (Å²) >= 11 is 7.65. The highest BCUT2D eigenvalue weighted by molar-refractivity contribution is 7.19. The first-order valence-corrected chi connectivity index (χ1v) is 11.7. The predicted molar refractivity (Wildman–Crippen MR) is 132 cm³/mol. The Morgan fingerprint density at radius 3 is 2.52 bits per heavy atom. The number of hydrogen-bond donors (Lipinski definition) is 0. The maximum Gasteiger partial charge on any atom is 0.228 e. The Hall–Kier alpha value is -3.54. The Morgan fingerprint density at radius 2 is 1.73 bits per heavy atom. The fourth-order valence-corrected chi connectivity index (χ4v) is 5.48. The van der Waals surface area contributed by atoms with Gasteiger partial charge < -0.3 is 4.42 Å². The van der Waals surface area contributed by atoms with Crippen molar-refractivity contribution in [2.75, 3.05) is 0 Å². The highest BCUT2D eigenvalue weighted by atomic mass is 35.5. The molecule has 2 aromatic heterocycles. The molecule has 160 valence electrons. The first kappa shape index (κ1) is 20.1. The van der Waals surface area contributed by atoms with Crippen molar-refractivity contribution in [1.82, 2.24) is 4.98 Å². The third kappa shape index (κ3) is 3.16. The minimum absolute atomic E-state index is 0.146. The van der Waals surface area contributed by atoms with Gasteiger partial charge in [0.05, 0.1) is 5.57 Å². The number of oxazole rings is 1. The summed E-state index contributed by atoms with van der Waals surface area (Å²) in [6.07, 6.45) is 2.32. The monoisotopic (exact) mass is 469 g/mol. The average molecular weight is 470 g/mol. The van der Waals surface area contributed by atoms with Gasteiger partial charge in [0, 0.05) is 32.7 Å². The molecule has 0 bridgehead atoms. The molecule has 3 aromatic carbocycles. The highest BCUT2D eigenvalue weighted by Gasteiger charge is 2.34. The molecular formula is C27H16ClNO3S. The molecule has 0 radical (unpaired) electrons. The van der Waals surface area contributed by atoms with Crippen LogP contribution in [-0.2, 0) is 6.42 Å². The molecule has 5 aromatic rings. The number of thiophene rings is 1. The molecule has 0 unspecified atom stereocenters. The van der Waals surface area contributed by atoms with Gasteiger partial charge in [-0.3, -0.25) is 9.59 Å². The molecule has 1 aliphatic rings. The lowest BCUT2D eigenvalue weighted by Gasteiger charge is -2.03. The van der Waals surface area contributed by atoms with Crippen molar-refractivity contribution < 1.29 is 14.0 Å². The molecule has 0 saturated heterocycles. The van der Waals surface area contributed by atoms with Crippen LogP contribution in [0.3, 0.4) is 0 Å². The van der Waals surface area contributed by atoms with Crippen LogP contribution in [0.1, 0.15) is 38.1 Å². The summed E-state index contributed by atoms with van der Waals surface area (Å²) in [5, 5.41) is 2.70. The number of aryl methyl sites for hydroxylation is 1. The number of ketones is 2. The zero-order valence-electron chi connectivity index (χ0n) is 17.5. The second-order valence-electron chi connectivity index (χ2n) is 7.92. The van der Waals surface area contributed by atoms with Crippen LogP contribution in [0.15, 0.2) is 70.7 Å². The molecular weight excluding hydrogens is 454 g/mol. The number of aromatic nitrogens is 1. The zero-order chi connectivity index (χ0) is 22.7. The maximum absolute atomic E-state index is 12.9. The summed E-state index contributed by atoms with van der Waals surface area (Å²) in [6.45, 7) is 1.96. The van der Waals surface area contributed by atoms with Crippen LogP contribution >= 0.6 is 22.9 Å². The van der Waals surface area contributed by atoms with Gasteiger partial charge in [-0.1, -0.05) is 54.9 Å². The normalized spacial score (nSPS) is 14.7. The van der Waals surface area contributed by atoms with Crippen LogP contribution < -0.4 is 0 Å². The van der Waals surface area contributed by atoms with Crippen LogP contribution in [-0.4, -0.2) is 16.6 Å². The van der Waals surface area contributed by atoms with E-state index < -0.39 is 0 Å². The second-order valence-corrected chi connectivity index (χ2v) is 9.39. The fourth-order valence-electron chi connectivity index (χ4n) is 4.28. The summed E-state index contributed by atoms with van der Waals surface area (Å²) in [6, 6.07) is 19.3. The van der Waals surface area contributed by atoms with Crippen LogP contribution in [0.5, 0.6) is 0 Å². The lowest BCUT2D eigenvalue weighted by Crippen LogP contribution is -1.99. The minimum atomic E-state index is -0.297. The molecule has 0 fully saturated rings. The van der Waals surface area contributed by atoms with E-state index >= 15 is 0 Å². The fraction of sp³-hybridized carbons (Fsp3) is 0.0741. The Balaban J connectivity index is 1.38. The Morgan fingerprint density at radius 1 is 0.970 bits per heavy atom. The van der Waals surface area contributed by atoms with E-state index in [1.54, 1.807) is 18.2 Å². The van der Waals surface area contributed by atoms with Crippen LogP contribution in [0.4, 0.5) is 0 Å². The molecule has 6 rings (SSSR count). The number of nitrogens with zero attached hydrogens (tertiary/aromatic N) is 1. The van der Waals surface area contributed by atoms with Crippen molar-refractivity contribution in [2.45, 2.75) is 13.3 Å². The lowest BCUT2D eigenvalue weighted by atomic mass is 10.0. The van der Waals surface area contributed by atoms with Crippen LogP contribution in [0.25, 0.3) is 38.7 Å². The Labute approximate surface area is 198 Å². The average Bonchev–Trinajstić information content (AvgIpc) is 3.45. The van der Waals surface area contributed by atoms with Crippen molar-refractivity contribution in [3.63, 3.8) is 0 Å². The number of Topliss-reactive ketones (excluding diaryl/α,β-unsaturated/α-hetero) is 2. The molecule has 0 amide bonds. The first-order chi connectivity index (χ1) is 16.0. The molecule has 0 aliphatic heterocycles. The molecule has 0 atom stereocenters. The zero-order valence-corrected chi connectivity index (χ0v) is 19.1. The van der Waals surface area contributed by atoms with Gasteiger partial charge in [0.15, 0.2) is 22.0 Å². The van der Waals surface area contributed by atoms with E-state index in [-0.39, 0.29) is 17.1 Å². The van der Waals surface area contributed by atoms with Crippen LogP contribution in [0.2, 0.25) is 5.02 Å². The molecule has 0 N–H and O–H groups in total. The van der Waals surface area contributed by atoms with E-state index in [9.17, 15) is 9.59 Å². The van der Waals surface area contributed by atoms with E-state index in [0.717, 1.165) is 31.6 Å². The van der Waals surface area contributed by atoms with Crippen molar-refractivity contribution >= 4 is 61.8 Å². The molecule has 33 heavy (non-hydrogen) atoms. The van der Waals surface area contributed by atoms with Crippen molar-refractivity contribution in [3.05, 3.63) is 92.8 Å². The number of rotatable bonds is 3. The molecule has 1 aliphatic carbocycles. The number of halogens is 1. The second kappa shape index (κ2) is 7.51. The quantitative estimate of drug-likeness (QED) is 0.204. The molecule has 0 saturated carbocycles. The third-order valence-corrected chi connectivity index (χ3v) is 7.27. The van der Waals surface area contributed by atoms with E-state index in [2.05, 4.69) is 17.1 Å². The number of fused-ring (bicyclic) bond motifs is 3. The van der Waals surface area contributed by atoms with Crippen molar-refractivity contribution in [1.29, 1.82) is 0 Å². The summed E-state index contributed by atoms with van der Waals surface area (Å²) in [5.41, 5.74) is 3.34. The first-order valence-electron chi connectivity index (χ1n) is 10.6. The number of benzene rings is 3. The van der Waals surface area contributed by atoms with E-state index in [1.165, 1.54) is 11.3 Å². The van der Waals surface area contributed by atoms with Gasteiger partial charge in [0.25, 0.3) is 0 Å². The number of carbonyl (C=O) groups excluding carboxylic acids is 2. The third-order valence-electron chi connectivity index (χ3n) is 5.96. The summed E-state index contributed by atoms with van der Waals surface area (Å²) in [4.78, 5) is 32.0. The largest absolute Gasteiger partial charge is 0.435 e. The van der Waals surface area contributed by atoms with E-state index in [0.29, 0.717) is 34.0 Å². The summed E-state index contributed by atoms with van der Waals surface area (Å²) in [5.74, 6) is -0.0146. The van der Waals surface area contributed by atoms with Gasteiger partial charge in [-0.25, -0.2) is 0 Å². The number of allylic oxidation sites excluding steroid dienone is 1. The summed E-state index contributed by atoms with van der Waals surface area (Å²) in [7, 11) is 0. The standard InChI is InChI=1S/C27H16ClNO3S/c1-2-14-10-19-20(13-22(14)28)25(31)21(24(19)30)11-16-12-23-27(33-16)29-26(32-23)18-9-5-7-15-6-3-4-8-17(15)18/h3-13H,2H2,1H3/b21-11-. The molecule has 2 heterocycles. The van der Waals surface area contributed by atoms with Crippen molar-refractivity contribution in [2.24, 2.45) is 0 Å². The minimum Gasteiger partial charge on any atom is -0.435 e. The van der Waals surface area contributed by atoms with Crippen molar-refractivity contribution in [3.8, 4) is 11.5 Å². The molecule has 4 nitrogen and oxygen atoms in total. The topological polar surface area (TPSA) is 60.2 Å². The molecule has 0 spiro atoms. The van der Waals surface area contributed by atoms with Gasteiger partial charge in [-0.05, 0) is 47.0 Å². The van der Waals surface area contributed by atoms with E-state index in [4.69, 9.17) is 16.0 Å². The lowest BCUT2D eigenvalue weighted by molar-refractivity contribution is 0.0990. The van der Waals surface area contributed by atoms with Gasteiger partial charge >= 0.3 is 0 Å². The maximum atomic E-state index is 12.9. The van der Waals surface area contributed by atoms with Gasteiger partial charge in [0.1, 0.15) is 0 Å². The predicted octanol–water partition coefficient (Wildman–Crippen LogP) is 7.39. The Kier molecular flexibility index (Phi) is 4.57. The van der Waals surface area contributed by atoms with Gasteiger partial charge in [-0.2, -0.15) is 4.98 Å². The Bertz CT molecular complexity index is 1620. The van der Waals surface area contributed by atoms with Crippen LogP contribution in [0, 0.1) is 0 Å². The van der Waals surface area contributed by atoms with Gasteiger partial charge in [-0.15, -0.1) is 11.3 Å². The number of carbonyl (C=O) groups is 2. The SMILES string of the molecule is CCc1cc2c(cc1Cl)C(=O)/C(=C\c1cc3oc(-c4cccc5ccccc45)nc3s1)C2=O. The smallest absolute Gasteiger partial charge is 0.228 e. The molecule has 6 heteroatoms. The van der Waals surface area contributed by atoms with E-state index in [1.807, 2.05) is 43.3 Å². The van der Waals surface area contributed by atoms with Gasteiger partial charge in [0.2, 0.25) is 5.89 Å². The highest BCUT2D eigenvalue weighted by Crippen LogP contribution is 2.37.